The Kier molecular flexibility index (Phi) is 6.74. The van der Waals surface area contributed by atoms with Gasteiger partial charge in [-0.15, -0.1) is 0 Å². The van der Waals surface area contributed by atoms with Crippen molar-refractivity contribution in [3.05, 3.63) is 30.1 Å². The lowest BCUT2D eigenvalue weighted by molar-refractivity contribution is 0.574. The molecular weight excluding hydrogens is 258 g/mol. The molecule has 1 N–H and O–H groups in total. The van der Waals surface area contributed by atoms with Gasteiger partial charge < -0.3 is 9.88 Å². The van der Waals surface area contributed by atoms with E-state index < -0.39 is 0 Å². The molecule has 0 bridgehead atoms. The number of nitrogens with one attached hydrogen (secondary N) is 1. The fraction of sp³-hybridized carbons (Fsp3) is 0.611. The Morgan fingerprint density at radius 1 is 1.10 bits per heavy atom. The average Bonchev–Trinajstić information content (AvgIpc) is 2.86. The first-order valence-corrected chi connectivity index (χ1v) is 8.50. The first-order chi connectivity index (χ1) is 10.4. The lowest BCUT2D eigenvalue weighted by Gasteiger charge is -2.04. The highest BCUT2D eigenvalue weighted by Crippen LogP contribution is 2.20. The molecule has 0 atom stereocenters. The van der Waals surface area contributed by atoms with Crippen molar-refractivity contribution in [1.29, 1.82) is 0 Å². The van der Waals surface area contributed by atoms with Crippen LogP contribution in [0.3, 0.4) is 0 Å². The van der Waals surface area contributed by atoms with Gasteiger partial charge in [-0.05, 0) is 37.1 Å². The van der Waals surface area contributed by atoms with Crippen LogP contribution in [-0.4, -0.2) is 16.1 Å². The molecule has 2 aromatic heterocycles. The van der Waals surface area contributed by atoms with Crippen molar-refractivity contribution in [2.75, 3.05) is 6.54 Å². The lowest BCUT2D eigenvalue weighted by Crippen LogP contribution is -2.13. The number of hydrogen-bond acceptors (Lipinski definition) is 2. The Morgan fingerprint density at radius 2 is 1.95 bits per heavy atom. The summed E-state index contributed by atoms with van der Waals surface area (Å²) in [6.45, 7) is 7.57. The number of pyridine rings is 1. The SMILES string of the molecule is CCCCCCCn1cc(CNCCC)c2cccnc21. The summed E-state index contributed by atoms with van der Waals surface area (Å²) in [5.41, 5.74) is 2.52. The highest BCUT2D eigenvalue weighted by molar-refractivity contribution is 5.80. The Morgan fingerprint density at radius 3 is 2.76 bits per heavy atom. The second-order valence-corrected chi connectivity index (χ2v) is 5.81. The van der Waals surface area contributed by atoms with Crippen LogP contribution in [0.25, 0.3) is 11.0 Å². The minimum absolute atomic E-state index is 0.943. The van der Waals surface area contributed by atoms with Crippen LogP contribution in [0.4, 0.5) is 0 Å². The number of nitrogens with zero attached hydrogens (tertiary/aromatic N) is 2. The van der Waals surface area contributed by atoms with Crippen molar-refractivity contribution in [1.82, 2.24) is 14.9 Å². The van der Waals surface area contributed by atoms with Crippen molar-refractivity contribution >= 4 is 11.0 Å². The van der Waals surface area contributed by atoms with Gasteiger partial charge in [0.15, 0.2) is 0 Å². The summed E-state index contributed by atoms with van der Waals surface area (Å²) < 4.78 is 2.34. The predicted molar refractivity (Wildman–Crippen MR) is 90.5 cm³/mol. The standard InChI is InChI=1S/C18H29N3/c1-3-5-6-7-8-13-21-15-16(14-19-11-4-2)17-10-9-12-20-18(17)21/h9-10,12,15,19H,3-8,11,13-14H2,1-2H3. The summed E-state index contributed by atoms with van der Waals surface area (Å²) in [5.74, 6) is 0. The molecule has 0 saturated heterocycles. The third-order valence-corrected chi connectivity index (χ3v) is 3.96. The van der Waals surface area contributed by atoms with Gasteiger partial charge in [-0.2, -0.15) is 0 Å². The van der Waals surface area contributed by atoms with Gasteiger partial charge in [-0.25, -0.2) is 4.98 Å². The molecule has 3 heteroatoms. The fourth-order valence-corrected chi connectivity index (χ4v) is 2.79. The molecule has 3 nitrogen and oxygen atoms in total. The zero-order valence-electron chi connectivity index (χ0n) is 13.6. The Bertz CT molecular complexity index is 530. The molecule has 2 aromatic rings. The van der Waals surface area contributed by atoms with Gasteiger partial charge in [-0.1, -0.05) is 39.5 Å². The maximum atomic E-state index is 4.58. The summed E-state index contributed by atoms with van der Waals surface area (Å²) >= 11 is 0. The lowest BCUT2D eigenvalue weighted by atomic mass is 10.1. The van der Waals surface area contributed by atoms with E-state index in [9.17, 15) is 0 Å². The monoisotopic (exact) mass is 287 g/mol. The normalized spacial score (nSPS) is 11.3. The smallest absolute Gasteiger partial charge is 0.140 e. The molecular formula is C18H29N3. The van der Waals surface area contributed by atoms with Crippen molar-refractivity contribution in [2.24, 2.45) is 0 Å². The summed E-state index contributed by atoms with van der Waals surface area (Å²) in [5, 5.41) is 4.80. The van der Waals surface area contributed by atoms with E-state index in [-0.39, 0.29) is 0 Å². The minimum Gasteiger partial charge on any atom is -0.332 e. The van der Waals surface area contributed by atoms with E-state index in [0.29, 0.717) is 0 Å². The highest BCUT2D eigenvalue weighted by Gasteiger charge is 2.08. The second kappa shape index (κ2) is 8.83. The topological polar surface area (TPSA) is 29.9 Å². The Labute approximate surface area is 128 Å². The zero-order valence-corrected chi connectivity index (χ0v) is 13.6. The van der Waals surface area contributed by atoms with E-state index in [4.69, 9.17) is 0 Å². The Hall–Kier alpha value is -1.35. The van der Waals surface area contributed by atoms with Gasteiger partial charge in [0, 0.05) is 30.9 Å². The third-order valence-electron chi connectivity index (χ3n) is 3.96. The molecule has 0 aliphatic rings. The number of fused-ring (bicyclic) bond motifs is 1. The molecule has 0 aliphatic carbocycles. The van der Waals surface area contributed by atoms with Crippen LogP contribution in [0.5, 0.6) is 0 Å². The van der Waals surface area contributed by atoms with Gasteiger partial charge in [-0.3, -0.25) is 0 Å². The molecule has 0 aliphatic heterocycles. The maximum absolute atomic E-state index is 4.58. The van der Waals surface area contributed by atoms with Crippen LogP contribution in [0, 0.1) is 0 Å². The predicted octanol–water partition coefficient (Wildman–Crippen LogP) is 4.51. The second-order valence-electron chi connectivity index (χ2n) is 5.81. The number of hydrogen-bond donors (Lipinski definition) is 1. The number of rotatable bonds is 10. The molecule has 0 spiro atoms. The quantitative estimate of drug-likeness (QED) is 0.652. The molecule has 0 saturated carbocycles. The molecule has 0 radical (unpaired) electrons. The van der Waals surface area contributed by atoms with Crippen LogP contribution in [0.2, 0.25) is 0 Å². The number of aromatic nitrogens is 2. The van der Waals surface area contributed by atoms with E-state index in [2.05, 4.69) is 41.0 Å². The van der Waals surface area contributed by atoms with E-state index in [1.54, 1.807) is 0 Å². The van der Waals surface area contributed by atoms with Gasteiger partial charge in [0.25, 0.3) is 0 Å². The average molecular weight is 287 g/mol. The van der Waals surface area contributed by atoms with Crippen molar-refractivity contribution < 1.29 is 0 Å². The van der Waals surface area contributed by atoms with Gasteiger partial charge in [0.1, 0.15) is 5.65 Å². The summed E-state index contributed by atoms with van der Waals surface area (Å²) in [6, 6.07) is 4.23. The third kappa shape index (κ3) is 4.57. The molecule has 21 heavy (non-hydrogen) atoms. The van der Waals surface area contributed by atoms with Gasteiger partial charge >= 0.3 is 0 Å². The zero-order chi connectivity index (χ0) is 14.9. The van der Waals surface area contributed by atoms with Crippen LogP contribution in [-0.2, 0) is 13.1 Å². The molecule has 2 heterocycles. The van der Waals surface area contributed by atoms with E-state index in [1.807, 2.05) is 12.3 Å². The summed E-state index contributed by atoms with van der Waals surface area (Å²) in [7, 11) is 0. The van der Waals surface area contributed by atoms with Crippen LogP contribution < -0.4 is 5.32 Å². The minimum atomic E-state index is 0.943. The van der Waals surface area contributed by atoms with Crippen molar-refractivity contribution in [2.45, 2.75) is 65.5 Å². The largest absolute Gasteiger partial charge is 0.332 e. The number of aryl methyl sites for hydroxylation is 1. The number of unbranched alkanes of at least 4 members (excludes halogenated alkanes) is 4. The highest BCUT2D eigenvalue weighted by atomic mass is 15.0. The summed E-state index contributed by atoms with van der Waals surface area (Å²) in [4.78, 5) is 4.58. The van der Waals surface area contributed by atoms with Gasteiger partial charge in [0.2, 0.25) is 0 Å². The van der Waals surface area contributed by atoms with Crippen LogP contribution in [0.1, 0.15) is 57.9 Å². The van der Waals surface area contributed by atoms with E-state index in [0.717, 1.165) is 25.3 Å². The van der Waals surface area contributed by atoms with Crippen LogP contribution >= 0.6 is 0 Å². The van der Waals surface area contributed by atoms with E-state index in [1.165, 1.54) is 49.5 Å². The fourth-order valence-electron chi connectivity index (χ4n) is 2.79. The summed E-state index contributed by atoms with van der Waals surface area (Å²) in [6.07, 6.45) is 12.0. The first kappa shape index (κ1) is 16.0. The molecule has 2 rings (SSSR count). The maximum Gasteiger partial charge on any atom is 0.140 e. The molecule has 116 valence electrons. The molecule has 0 aromatic carbocycles. The molecule has 0 fully saturated rings. The van der Waals surface area contributed by atoms with E-state index >= 15 is 0 Å². The van der Waals surface area contributed by atoms with Crippen molar-refractivity contribution in [3.8, 4) is 0 Å². The molecule has 0 unspecified atom stereocenters. The Balaban J connectivity index is 2.01. The molecule has 0 amide bonds. The van der Waals surface area contributed by atoms with Crippen LogP contribution in [0.15, 0.2) is 24.5 Å². The van der Waals surface area contributed by atoms with Gasteiger partial charge in [0.05, 0.1) is 0 Å². The first-order valence-electron chi connectivity index (χ1n) is 8.50. The van der Waals surface area contributed by atoms with Crippen molar-refractivity contribution in [3.63, 3.8) is 0 Å².